The number of halogens is 1. The van der Waals surface area contributed by atoms with Crippen molar-refractivity contribution >= 4 is 23.5 Å². The van der Waals surface area contributed by atoms with Crippen molar-refractivity contribution < 1.29 is 14.3 Å². The van der Waals surface area contributed by atoms with E-state index >= 15 is 0 Å². The second-order valence-electron chi connectivity index (χ2n) is 5.02. The average Bonchev–Trinajstić information content (AvgIpc) is 2.48. The zero-order chi connectivity index (χ0) is 15.4. The lowest BCUT2D eigenvalue weighted by Gasteiger charge is -2.37. The first-order chi connectivity index (χ1) is 10.0. The summed E-state index contributed by atoms with van der Waals surface area (Å²) in [6.07, 6.45) is 0. The first kappa shape index (κ1) is 15.8. The van der Waals surface area contributed by atoms with E-state index in [-0.39, 0.29) is 11.9 Å². The van der Waals surface area contributed by atoms with Crippen LogP contribution in [-0.4, -0.2) is 55.0 Å². The molecule has 1 heterocycles. The Balaban J connectivity index is 2.18. The van der Waals surface area contributed by atoms with Gasteiger partial charge in [0.25, 0.3) is 0 Å². The lowest BCUT2D eigenvalue weighted by atomic mass is 10.0. The van der Waals surface area contributed by atoms with Crippen LogP contribution in [0.2, 0.25) is 5.02 Å². The normalized spacial score (nSPS) is 17.4. The summed E-state index contributed by atoms with van der Waals surface area (Å²) in [7, 11) is 1.38. The van der Waals surface area contributed by atoms with Crippen LogP contribution in [0.3, 0.4) is 0 Å². The van der Waals surface area contributed by atoms with E-state index in [0.717, 1.165) is 5.56 Å². The molecule has 0 radical (unpaired) electrons. The Bertz CT molecular complexity index is 527. The number of methoxy groups -OCH3 is 1. The van der Waals surface area contributed by atoms with Gasteiger partial charge in [0.1, 0.15) is 6.04 Å². The van der Waals surface area contributed by atoms with Gasteiger partial charge < -0.3 is 9.64 Å². The van der Waals surface area contributed by atoms with Gasteiger partial charge in [0.2, 0.25) is 5.91 Å². The van der Waals surface area contributed by atoms with Crippen LogP contribution in [0.4, 0.5) is 0 Å². The van der Waals surface area contributed by atoms with Crippen LogP contribution in [0, 0.1) is 0 Å². The molecule has 5 nitrogen and oxygen atoms in total. The summed E-state index contributed by atoms with van der Waals surface area (Å²) in [5.74, 6) is -0.249. The summed E-state index contributed by atoms with van der Waals surface area (Å²) in [5, 5.41) is 0.587. The molecule has 1 amide bonds. The monoisotopic (exact) mass is 310 g/mol. The Morgan fingerprint density at radius 1 is 1.24 bits per heavy atom. The molecule has 1 aromatic carbocycles. The van der Waals surface area contributed by atoms with E-state index in [1.54, 1.807) is 24.0 Å². The number of rotatable bonds is 3. The van der Waals surface area contributed by atoms with Gasteiger partial charge in [-0.2, -0.15) is 0 Å². The molecule has 0 saturated carbocycles. The molecule has 114 valence electrons. The van der Waals surface area contributed by atoms with Gasteiger partial charge in [-0.25, -0.2) is 4.79 Å². The van der Waals surface area contributed by atoms with Gasteiger partial charge in [-0.1, -0.05) is 23.7 Å². The number of carbonyl (C=O) groups is 2. The van der Waals surface area contributed by atoms with Gasteiger partial charge in [0.15, 0.2) is 0 Å². The highest BCUT2D eigenvalue weighted by atomic mass is 35.5. The van der Waals surface area contributed by atoms with Gasteiger partial charge in [0, 0.05) is 38.1 Å². The van der Waals surface area contributed by atoms with Crippen LogP contribution in [0.25, 0.3) is 0 Å². The molecule has 1 aliphatic heterocycles. The van der Waals surface area contributed by atoms with E-state index in [9.17, 15) is 9.59 Å². The van der Waals surface area contributed by atoms with Crippen LogP contribution < -0.4 is 0 Å². The summed E-state index contributed by atoms with van der Waals surface area (Å²) < 4.78 is 4.93. The fraction of sp³-hybridized carbons (Fsp3) is 0.467. The van der Waals surface area contributed by atoms with E-state index in [1.165, 1.54) is 7.11 Å². The standard InChI is InChI=1S/C15H19ClN2O3/c1-11(19)17-6-8-18(9-7-17)14(15(20)21-2)12-4-3-5-13(16)10-12/h3-5,10,14H,6-9H2,1-2H3/t14-/m0/s1. The minimum Gasteiger partial charge on any atom is -0.468 e. The summed E-state index contributed by atoms with van der Waals surface area (Å²) in [6.45, 7) is 4.05. The fourth-order valence-electron chi connectivity index (χ4n) is 2.58. The third kappa shape index (κ3) is 3.74. The third-order valence-electron chi connectivity index (χ3n) is 3.71. The molecule has 1 saturated heterocycles. The van der Waals surface area contributed by atoms with Crippen LogP contribution in [0.5, 0.6) is 0 Å². The predicted molar refractivity (Wildman–Crippen MR) is 80.0 cm³/mol. The van der Waals surface area contributed by atoms with E-state index in [0.29, 0.717) is 31.2 Å². The van der Waals surface area contributed by atoms with Crippen LogP contribution in [0.15, 0.2) is 24.3 Å². The SMILES string of the molecule is COC(=O)[C@H](c1cccc(Cl)c1)N1CCN(C(C)=O)CC1. The molecule has 0 spiro atoms. The smallest absolute Gasteiger partial charge is 0.327 e. The third-order valence-corrected chi connectivity index (χ3v) is 3.95. The van der Waals surface area contributed by atoms with E-state index in [2.05, 4.69) is 0 Å². The molecule has 0 aromatic heterocycles. The molecule has 6 heteroatoms. The summed E-state index contributed by atoms with van der Waals surface area (Å²) in [5.41, 5.74) is 0.811. The maximum Gasteiger partial charge on any atom is 0.327 e. The minimum absolute atomic E-state index is 0.0621. The summed E-state index contributed by atoms with van der Waals surface area (Å²) in [4.78, 5) is 27.3. The molecule has 0 aliphatic carbocycles. The minimum atomic E-state index is -0.484. The molecule has 0 N–H and O–H groups in total. The molecular formula is C15H19ClN2O3. The topological polar surface area (TPSA) is 49.9 Å². The number of benzene rings is 1. The Hall–Kier alpha value is -1.59. The van der Waals surface area contributed by atoms with Crippen molar-refractivity contribution in [3.63, 3.8) is 0 Å². The lowest BCUT2D eigenvalue weighted by Crippen LogP contribution is -2.50. The van der Waals surface area contributed by atoms with Crippen molar-refractivity contribution in [2.75, 3.05) is 33.3 Å². The number of piperazine rings is 1. The molecule has 1 fully saturated rings. The number of amides is 1. The molecule has 21 heavy (non-hydrogen) atoms. The predicted octanol–water partition coefficient (Wildman–Crippen LogP) is 1.72. The molecule has 0 unspecified atom stereocenters. The molecule has 0 bridgehead atoms. The Kier molecular flexibility index (Phi) is 5.20. The Morgan fingerprint density at radius 2 is 1.90 bits per heavy atom. The second-order valence-corrected chi connectivity index (χ2v) is 5.46. The number of carbonyl (C=O) groups excluding carboxylic acids is 2. The maximum absolute atomic E-state index is 12.2. The molecule has 2 rings (SSSR count). The van der Waals surface area contributed by atoms with Crippen molar-refractivity contribution in [3.05, 3.63) is 34.9 Å². The van der Waals surface area contributed by atoms with Crippen LogP contribution in [0.1, 0.15) is 18.5 Å². The van der Waals surface area contributed by atoms with Gasteiger partial charge in [-0.05, 0) is 17.7 Å². The molecule has 1 aromatic rings. The van der Waals surface area contributed by atoms with Crippen molar-refractivity contribution in [1.29, 1.82) is 0 Å². The molecule has 1 aliphatic rings. The first-order valence-corrected chi connectivity index (χ1v) is 7.23. The lowest BCUT2D eigenvalue weighted by molar-refractivity contribution is -0.148. The van der Waals surface area contributed by atoms with Crippen LogP contribution in [-0.2, 0) is 14.3 Å². The molecular weight excluding hydrogens is 292 g/mol. The fourth-order valence-corrected chi connectivity index (χ4v) is 2.78. The van der Waals surface area contributed by atoms with E-state index in [1.807, 2.05) is 17.0 Å². The highest BCUT2D eigenvalue weighted by molar-refractivity contribution is 6.30. The van der Waals surface area contributed by atoms with Gasteiger partial charge >= 0.3 is 5.97 Å². The molecule has 1 atom stereocenters. The Labute approximate surface area is 129 Å². The number of nitrogens with zero attached hydrogens (tertiary/aromatic N) is 2. The van der Waals surface area contributed by atoms with Gasteiger partial charge in [0.05, 0.1) is 7.11 Å². The van der Waals surface area contributed by atoms with Crippen molar-refractivity contribution in [2.24, 2.45) is 0 Å². The Morgan fingerprint density at radius 3 is 2.43 bits per heavy atom. The summed E-state index contributed by atoms with van der Waals surface area (Å²) >= 11 is 6.02. The maximum atomic E-state index is 12.2. The zero-order valence-electron chi connectivity index (χ0n) is 12.2. The quantitative estimate of drug-likeness (QED) is 0.798. The highest BCUT2D eigenvalue weighted by Crippen LogP contribution is 2.25. The van der Waals surface area contributed by atoms with Gasteiger partial charge in [-0.3, -0.25) is 9.69 Å². The summed E-state index contributed by atoms with van der Waals surface area (Å²) in [6, 6.07) is 6.75. The van der Waals surface area contributed by atoms with E-state index in [4.69, 9.17) is 16.3 Å². The number of hydrogen-bond acceptors (Lipinski definition) is 4. The first-order valence-electron chi connectivity index (χ1n) is 6.86. The average molecular weight is 311 g/mol. The van der Waals surface area contributed by atoms with Crippen molar-refractivity contribution in [1.82, 2.24) is 9.80 Å². The van der Waals surface area contributed by atoms with Crippen molar-refractivity contribution in [3.8, 4) is 0 Å². The largest absolute Gasteiger partial charge is 0.468 e. The second kappa shape index (κ2) is 6.91. The van der Waals surface area contributed by atoms with Crippen LogP contribution >= 0.6 is 11.6 Å². The van der Waals surface area contributed by atoms with Gasteiger partial charge in [-0.15, -0.1) is 0 Å². The number of esters is 1. The number of hydrogen-bond donors (Lipinski definition) is 0. The number of ether oxygens (including phenoxy) is 1. The zero-order valence-corrected chi connectivity index (χ0v) is 13.0. The van der Waals surface area contributed by atoms with Crippen molar-refractivity contribution in [2.45, 2.75) is 13.0 Å². The van der Waals surface area contributed by atoms with E-state index < -0.39 is 6.04 Å². The highest BCUT2D eigenvalue weighted by Gasteiger charge is 2.31.